The topological polar surface area (TPSA) is 12.0 Å². The number of hydrogen-bond donors (Lipinski definition) is 1. The summed E-state index contributed by atoms with van der Waals surface area (Å²) in [6.45, 7) is 2.14. The molecular weight excluding hydrogens is 256 g/mol. The minimum absolute atomic E-state index is 0.126. The molecule has 2 aromatic carbocycles. The van der Waals surface area contributed by atoms with Gasteiger partial charge in [-0.15, -0.1) is 0 Å². The lowest BCUT2D eigenvalue weighted by Crippen LogP contribution is -2.35. The van der Waals surface area contributed by atoms with E-state index in [0.29, 0.717) is 17.9 Å². The highest BCUT2D eigenvalue weighted by molar-refractivity contribution is 5.54. The van der Waals surface area contributed by atoms with Gasteiger partial charge in [-0.05, 0) is 42.0 Å². The van der Waals surface area contributed by atoms with E-state index in [1.54, 1.807) is 12.1 Å². The van der Waals surface area contributed by atoms with Crippen LogP contribution in [-0.2, 0) is 12.8 Å². The van der Waals surface area contributed by atoms with Crippen LogP contribution >= 0.6 is 0 Å². The molecule has 1 aliphatic rings. The fourth-order valence-corrected chi connectivity index (χ4v) is 2.87. The van der Waals surface area contributed by atoms with Gasteiger partial charge in [-0.1, -0.05) is 37.3 Å². The molecule has 2 aromatic rings. The highest BCUT2D eigenvalue weighted by atomic mass is 19.2. The van der Waals surface area contributed by atoms with Gasteiger partial charge in [-0.3, -0.25) is 0 Å². The van der Waals surface area contributed by atoms with Gasteiger partial charge < -0.3 is 5.32 Å². The first-order valence-corrected chi connectivity index (χ1v) is 6.92. The molecule has 0 amide bonds. The van der Waals surface area contributed by atoms with Crippen molar-refractivity contribution < 1.29 is 8.78 Å². The summed E-state index contributed by atoms with van der Waals surface area (Å²) in [7, 11) is 0. The first-order chi connectivity index (χ1) is 9.65. The average molecular weight is 273 g/mol. The average Bonchev–Trinajstić information content (AvgIpc) is 2.44. The quantitative estimate of drug-likeness (QED) is 0.865. The zero-order valence-electron chi connectivity index (χ0n) is 11.4. The van der Waals surface area contributed by atoms with Gasteiger partial charge in [0.1, 0.15) is 0 Å². The van der Waals surface area contributed by atoms with Crippen molar-refractivity contribution in [3.63, 3.8) is 0 Å². The molecule has 0 fully saturated rings. The second-order valence-corrected chi connectivity index (χ2v) is 5.51. The lowest BCUT2D eigenvalue weighted by Gasteiger charge is -2.33. The number of anilines is 1. The van der Waals surface area contributed by atoms with E-state index in [9.17, 15) is 8.78 Å². The Morgan fingerprint density at radius 1 is 1.10 bits per heavy atom. The molecule has 0 bridgehead atoms. The second kappa shape index (κ2) is 5.23. The van der Waals surface area contributed by atoms with Crippen molar-refractivity contribution in [3.8, 4) is 0 Å². The van der Waals surface area contributed by atoms with Gasteiger partial charge in [0.05, 0.1) is 0 Å². The Balaban J connectivity index is 1.83. The molecule has 0 spiro atoms. The minimum atomic E-state index is -0.772. The van der Waals surface area contributed by atoms with E-state index in [-0.39, 0.29) is 6.04 Å². The van der Waals surface area contributed by atoms with Crippen molar-refractivity contribution in [2.75, 3.05) is 5.32 Å². The third-order valence-electron chi connectivity index (χ3n) is 4.06. The molecule has 0 aromatic heterocycles. The van der Waals surface area contributed by atoms with E-state index in [1.165, 1.54) is 5.56 Å². The van der Waals surface area contributed by atoms with Crippen molar-refractivity contribution in [1.29, 1.82) is 0 Å². The van der Waals surface area contributed by atoms with E-state index < -0.39 is 11.6 Å². The molecule has 104 valence electrons. The van der Waals surface area contributed by atoms with Crippen LogP contribution in [-0.4, -0.2) is 6.04 Å². The van der Waals surface area contributed by atoms with Gasteiger partial charge in [-0.2, -0.15) is 0 Å². The molecule has 0 radical (unpaired) electrons. The smallest absolute Gasteiger partial charge is 0.162 e. The molecule has 1 nitrogen and oxygen atoms in total. The van der Waals surface area contributed by atoms with Gasteiger partial charge in [0.15, 0.2) is 11.6 Å². The van der Waals surface area contributed by atoms with E-state index in [0.717, 1.165) is 18.2 Å². The van der Waals surface area contributed by atoms with Gasteiger partial charge in [0.2, 0.25) is 0 Å². The first kappa shape index (κ1) is 13.1. The number of fused-ring (bicyclic) bond motifs is 1. The fraction of sp³-hybridized carbons (Fsp3) is 0.294. The Morgan fingerprint density at radius 3 is 2.75 bits per heavy atom. The van der Waals surface area contributed by atoms with Crippen LogP contribution in [0.5, 0.6) is 0 Å². The maximum atomic E-state index is 13.8. The molecule has 0 aliphatic carbocycles. The van der Waals surface area contributed by atoms with Crippen LogP contribution in [0.25, 0.3) is 0 Å². The summed E-state index contributed by atoms with van der Waals surface area (Å²) in [6.07, 6.45) is 1.46. The third kappa shape index (κ3) is 2.40. The van der Waals surface area contributed by atoms with E-state index in [2.05, 4.69) is 18.3 Å². The number of hydrogen-bond acceptors (Lipinski definition) is 1. The molecule has 3 rings (SSSR count). The van der Waals surface area contributed by atoms with E-state index in [4.69, 9.17) is 0 Å². The Morgan fingerprint density at radius 2 is 1.90 bits per heavy atom. The van der Waals surface area contributed by atoms with Crippen LogP contribution in [0.1, 0.15) is 18.1 Å². The zero-order chi connectivity index (χ0) is 14.1. The summed E-state index contributed by atoms with van der Waals surface area (Å²) < 4.78 is 27.1. The monoisotopic (exact) mass is 273 g/mol. The van der Waals surface area contributed by atoms with E-state index >= 15 is 0 Å². The van der Waals surface area contributed by atoms with Crippen LogP contribution in [0, 0.1) is 17.6 Å². The predicted octanol–water partition coefficient (Wildman–Crippen LogP) is 4.18. The predicted molar refractivity (Wildman–Crippen MR) is 76.8 cm³/mol. The van der Waals surface area contributed by atoms with Crippen molar-refractivity contribution in [2.45, 2.75) is 25.8 Å². The van der Waals surface area contributed by atoms with Crippen molar-refractivity contribution in [2.24, 2.45) is 5.92 Å². The van der Waals surface area contributed by atoms with Crippen LogP contribution in [0.2, 0.25) is 0 Å². The molecule has 0 saturated heterocycles. The standard InChI is InChI=1S/C17H17F2N/c1-11-9-12-5-2-3-8-15(12)20-16(11)10-13-6-4-7-14(18)17(13)19/h2-8,11,16,20H,9-10H2,1H3. The summed E-state index contributed by atoms with van der Waals surface area (Å²) >= 11 is 0. The largest absolute Gasteiger partial charge is 0.381 e. The molecule has 20 heavy (non-hydrogen) atoms. The molecule has 2 atom stereocenters. The first-order valence-electron chi connectivity index (χ1n) is 6.92. The van der Waals surface area contributed by atoms with Crippen LogP contribution in [0.15, 0.2) is 42.5 Å². The molecule has 1 aliphatic heterocycles. The Labute approximate surface area is 117 Å². The molecule has 1 N–H and O–H groups in total. The summed E-state index contributed by atoms with van der Waals surface area (Å²) in [6, 6.07) is 12.7. The van der Waals surface area contributed by atoms with Crippen LogP contribution in [0.4, 0.5) is 14.5 Å². The highest BCUT2D eigenvalue weighted by Crippen LogP contribution is 2.30. The summed E-state index contributed by atoms with van der Waals surface area (Å²) in [4.78, 5) is 0. The summed E-state index contributed by atoms with van der Waals surface area (Å²) in [5.74, 6) is -1.11. The number of benzene rings is 2. The van der Waals surface area contributed by atoms with Crippen molar-refractivity contribution in [1.82, 2.24) is 0 Å². The Bertz CT molecular complexity index is 624. The maximum Gasteiger partial charge on any atom is 0.162 e. The molecule has 3 heteroatoms. The third-order valence-corrected chi connectivity index (χ3v) is 4.06. The highest BCUT2D eigenvalue weighted by Gasteiger charge is 2.25. The number of halogens is 2. The second-order valence-electron chi connectivity index (χ2n) is 5.51. The molecule has 1 heterocycles. The van der Waals surface area contributed by atoms with Crippen LogP contribution in [0.3, 0.4) is 0 Å². The normalized spacial score (nSPS) is 21.1. The SMILES string of the molecule is CC1Cc2ccccc2NC1Cc1cccc(F)c1F. The Hall–Kier alpha value is -1.90. The van der Waals surface area contributed by atoms with Gasteiger partial charge in [0, 0.05) is 11.7 Å². The summed E-state index contributed by atoms with van der Waals surface area (Å²) in [5.41, 5.74) is 2.83. The fourth-order valence-electron chi connectivity index (χ4n) is 2.87. The van der Waals surface area contributed by atoms with Crippen molar-refractivity contribution >= 4 is 5.69 Å². The molecule has 0 saturated carbocycles. The molecule has 2 unspecified atom stereocenters. The minimum Gasteiger partial charge on any atom is -0.381 e. The van der Waals surface area contributed by atoms with E-state index in [1.807, 2.05) is 18.2 Å². The maximum absolute atomic E-state index is 13.8. The lowest BCUT2D eigenvalue weighted by atomic mass is 9.85. The number of para-hydroxylation sites is 1. The Kier molecular flexibility index (Phi) is 3.43. The zero-order valence-corrected chi connectivity index (χ0v) is 11.4. The summed E-state index contributed by atoms with van der Waals surface area (Å²) in [5, 5.41) is 3.45. The van der Waals surface area contributed by atoms with Crippen LogP contribution < -0.4 is 5.32 Å². The van der Waals surface area contributed by atoms with Gasteiger partial charge >= 0.3 is 0 Å². The number of rotatable bonds is 2. The molecular formula is C17H17F2N. The van der Waals surface area contributed by atoms with Crippen molar-refractivity contribution in [3.05, 3.63) is 65.2 Å². The number of nitrogens with one attached hydrogen (secondary N) is 1. The van der Waals surface area contributed by atoms with Gasteiger partial charge in [0.25, 0.3) is 0 Å². The lowest BCUT2D eigenvalue weighted by molar-refractivity contribution is 0.445. The van der Waals surface area contributed by atoms with Gasteiger partial charge in [-0.25, -0.2) is 8.78 Å².